The zero-order valence-corrected chi connectivity index (χ0v) is 10.3. The molecular weight excluding hydrogens is 252 g/mol. The first-order valence-corrected chi connectivity index (χ1v) is 5.45. The van der Waals surface area contributed by atoms with E-state index >= 15 is 0 Å². The highest BCUT2D eigenvalue weighted by Gasteiger charge is 2.20. The van der Waals surface area contributed by atoms with Crippen molar-refractivity contribution in [1.82, 2.24) is 5.32 Å². The Morgan fingerprint density at radius 1 is 1.47 bits per heavy atom. The van der Waals surface area contributed by atoms with Crippen molar-refractivity contribution in [3.8, 4) is 0 Å². The van der Waals surface area contributed by atoms with Crippen LogP contribution in [0.1, 0.15) is 23.7 Å². The molecule has 0 radical (unpaired) electrons. The Morgan fingerprint density at radius 3 is 2.63 bits per heavy atom. The molecule has 0 spiro atoms. The number of rotatable bonds is 5. The van der Waals surface area contributed by atoms with Gasteiger partial charge in [-0.2, -0.15) is 0 Å². The lowest BCUT2D eigenvalue weighted by Gasteiger charge is -2.13. The Morgan fingerprint density at radius 2 is 2.11 bits per heavy atom. The fourth-order valence-electron chi connectivity index (χ4n) is 1.56. The number of nitrogen functional groups attached to an aromatic ring is 1. The molecule has 1 aromatic carbocycles. The minimum Gasteiger partial charge on any atom is -0.393 e. The average molecular weight is 266 g/mol. The molecule has 1 rings (SSSR count). The largest absolute Gasteiger partial charge is 0.393 e. The Labute approximate surface area is 108 Å². The summed E-state index contributed by atoms with van der Waals surface area (Å²) in [6, 6.07) is 3.46. The number of carbonyl (C=O) groups excluding carboxylic acids is 2. The molecular formula is C11H14N4O4. The molecule has 2 amide bonds. The number of anilines is 1. The smallest absolute Gasteiger partial charge is 0.292 e. The first-order valence-electron chi connectivity index (χ1n) is 5.45. The molecule has 0 aliphatic heterocycles. The van der Waals surface area contributed by atoms with E-state index in [0.29, 0.717) is 0 Å². The van der Waals surface area contributed by atoms with Gasteiger partial charge >= 0.3 is 0 Å². The van der Waals surface area contributed by atoms with Crippen LogP contribution in [0, 0.1) is 10.1 Å². The molecule has 0 aromatic heterocycles. The lowest BCUT2D eigenvalue weighted by Crippen LogP contribution is -2.36. The van der Waals surface area contributed by atoms with Crippen LogP contribution in [0.25, 0.3) is 0 Å². The molecule has 8 heteroatoms. The summed E-state index contributed by atoms with van der Waals surface area (Å²) < 4.78 is 0. The summed E-state index contributed by atoms with van der Waals surface area (Å²) in [5.41, 5.74) is 10.0. The van der Waals surface area contributed by atoms with Crippen LogP contribution in [0.4, 0.5) is 11.4 Å². The van der Waals surface area contributed by atoms with E-state index in [1.54, 1.807) is 6.92 Å². The van der Waals surface area contributed by atoms with Gasteiger partial charge < -0.3 is 16.8 Å². The normalized spacial score (nSPS) is 11.6. The molecule has 1 unspecified atom stereocenters. The summed E-state index contributed by atoms with van der Waals surface area (Å²) >= 11 is 0. The minimum absolute atomic E-state index is 0.00878. The Hall–Kier alpha value is -2.64. The molecule has 0 aliphatic rings. The van der Waals surface area contributed by atoms with Crippen molar-refractivity contribution in [2.75, 3.05) is 5.73 Å². The molecule has 19 heavy (non-hydrogen) atoms. The lowest BCUT2D eigenvalue weighted by molar-refractivity contribution is -0.383. The van der Waals surface area contributed by atoms with Gasteiger partial charge in [0.1, 0.15) is 5.69 Å². The monoisotopic (exact) mass is 266 g/mol. The summed E-state index contributed by atoms with van der Waals surface area (Å²) in [6.07, 6.45) is -0.0272. The lowest BCUT2D eigenvalue weighted by atomic mass is 10.1. The molecule has 5 N–H and O–H groups in total. The third-order valence-electron chi connectivity index (χ3n) is 2.41. The van der Waals surface area contributed by atoms with Crippen LogP contribution in [0.2, 0.25) is 0 Å². The van der Waals surface area contributed by atoms with Crippen molar-refractivity contribution in [3.05, 3.63) is 33.9 Å². The molecule has 0 saturated heterocycles. The summed E-state index contributed by atoms with van der Waals surface area (Å²) in [5, 5.41) is 13.2. The predicted molar refractivity (Wildman–Crippen MR) is 68.2 cm³/mol. The van der Waals surface area contributed by atoms with Crippen molar-refractivity contribution in [3.63, 3.8) is 0 Å². The standard InChI is InChI=1S/C11H14N4O4/c1-6(5-9(12)16)14-11(17)7-3-2-4-8(10(7)13)15(18)19/h2-4,6H,5,13H2,1H3,(H2,12,16)(H,14,17). The molecule has 1 aromatic rings. The van der Waals surface area contributed by atoms with Crippen molar-refractivity contribution in [2.45, 2.75) is 19.4 Å². The van der Waals surface area contributed by atoms with Crippen LogP contribution in [-0.2, 0) is 4.79 Å². The number of primary amides is 1. The Kier molecular flexibility index (Phi) is 4.41. The highest BCUT2D eigenvalue weighted by molar-refractivity contribution is 6.01. The molecule has 1 atom stereocenters. The number of nitro benzene ring substituents is 1. The summed E-state index contributed by atoms with van der Waals surface area (Å²) in [4.78, 5) is 32.6. The molecule has 0 fully saturated rings. The maximum Gasteiger partial charge on any atom is 0.292 e. The molecule has 102 valence electrons. The van der Waals surface area contributed by atoms with Gasteiger partial charge in [0, 0.05) is 18.5 Å². The number of benzene rings is 1. The predicted octanol–water partition coefficient (Wildman–Crippen LogP) is 0.171. The fraction of sp³-hybridized carbons (Fsp3) is 0.273. The Balaban J connectivity index is 2.92. The number of amides is 2. The summed E-state index contributed by atoms with van der Waals surface area (Å²) in [5.74, 6) is -1.14. The zero-order chi connectivity index (χ0) is 14.6. The van der Waals surface area contributed by atoms with Crippen LogP contribution in [0.5, 0.6) is 0 Å². The number of para-hydroxylation sites is 1. The average Bonchev–Trinajstić information content (AvgIpc) is 2.27. The molecule has 8 nitrogen and oxygen atoms in total. The first kappa shape index (κ1) is 14.4. The van der Waals surface area contributed by atoms with E-state index in [1.165, 1.54) is 18.2 Å². The van der Waals surface area contributed by atoms with E-state index in [0.717, 1.165) is 0 Å². The van der Waals surface area contributed by atoms with Gasteiger partial charge in [0.2, 0.25) is 5.91 Å². The highest BCUT2D eigenvalue weighted by Crippen LogP contribution is 2.24. The number of hydrogen-bond donors (Lipinski definition) is 3. The third-order valence-corrected chi connectivity index (χ3v) is 2.41. The molecule has 0 saturated carbocycles. The topological polar surface area (TPSA) is 141 Å². The van der Waals surface area contributed by atoms with Gasteiger partial charge in [-0.25, -0.2) is 0 Å². The van der Waals surface area contributed by atoms with Crippen LogP contribution in [-0.4, -0.2) is 22.8 Å². The van der Waals surface area contributed by atoms with Crippen LogP contribution >= 0.6 is 0 Å². The number of carbonyl (C=O) groups is 2. The van der Waals surface area contributed by atoms with Crippen molar-refractivity contribution in [1.29, 1.82) is 0 Å². The molecule has 0 bridgehead atoms. The SMILES string of the molecule is CC(CC(N)=O)NC(=O)c1cccc([N+](=O)[O-])c1N. The van der Waals surface area contributed by atoms with E-state index < -0.39 is 22.8 Å². The quantitative estimate of drug-likeness (QED) is 0.395. The van der Waals surface area contributed by atoms with E-state index in [-0.39, 0.29) is 23.4 Å². The van der Waals surface area contributed by atoms with Gasteiger partial charge in [-0.05, 0) is 13.0 Å². The number of nitrogens with one attached hydrogen (secondary N) is 1. The highest BCUT2D eigenvalue weighted by atomic mass is 16.6. The van der Waals surface area contributed by atoms with Crippen LogP contribution < -0.4 is 16.8 Å². The van der Waals surface area contributed by atoms with E-state index in [9.17, 15) is 19.7 Å². The van der Waals surface area contributed by atoms with Crippen molar-refractivity contribution < 1.29 is 14.5 Å². The van der Waals surface area contributed by atoms with Crippen molar-refractivity contribution >= 4 is 23.2 Å². The third kappa shape index (κ3) is 3.66. The van der Waals surface area contributed by atoms with Gasteiger partial charge in [-0.1, -0.05) is 6.07 Å². The van der Waals surface area contributed by atoms with Crippen LogP contribution in [0.15, 0.2) is 18.2 Å². The van der Waals surface area contributed by atoms with Crippen LogP contribution in [0.3, 0.4) is 0 Å². The van der Waals surface area contributed by atoms with E-state index in [1.807, 2.05) is 0 Å². The summed E-state index contributed by atoms with van der Waals surface area (Å²) in [6.45, 7) is 1.59. The second-order valence-corrected chi connectivity index (χ2v) is 4.04. The molecule has 0 heterocycles. The van der Waals surface area contributed by atoms with Gasteiger partial charge in [0.05, 0.1) is 10.5 Å². The van der Waals surface area contributed by atoms with Gasteiger partial charge in [-0.3, -0.25) is 19.7 Å². The number of nitro groups is 1. The number of nitrogens with two attached hydrogens (primary N) is 2. The summed E-state index contributed by atoms with van der Waals surface area (Å²) in [7, 11) is 0. The van der Waals surface area contributed by atoms with E-state index in [2.05, 4.69) is 5.32 Å². The van der Waals surface area contributed by atoms with E-state index in [4.69, 9.17) is 11.5 Å². The van der Waals surface area contributed by atoms with Crippen molar-refractivity contribution in [2.24, 2.45) is 5.73 Å². The molecule has 0 aliphatic carbocycles. The fourth-order valence-corrected chi connectivity index (χ4v) is 1.56. The second-order valence-electron chi connectivity index (χ2n) is 4.04. The number of hydrogen-bond acceptors (Lipinski definition) is 5. The van der Waals surface area contributed by atoms with Gasteiger partial charge in [-0.15, -0.1) is 0 Å². The van der Waals surface area contributed by atoms with Gasteiger partial charge in [0.15, 0.2) is 0 Å². The maximum atomic E-state index is 11.9. The first-order chi connectivity index (χ1) is 8.82. The minimum atomic E-state index is -0.668. The number of nitrogens with zero attached hydrogens (tertiary/aromatic N) is 1. The van der Waals surface area contributed by atoms with Gasteiger partial charge in [0.25, 0.3) is 11.6 Å². The zero-order valence-electron chi connectivity index (χ0n) is 10.3. The second kappa shape index (κ2) is 5.80. The maximum absolute atomic E-state index is 11.9. The Bertz CT molecular complexity index is 529.